The monoisotopic (exact) mass is 332 g/mol. The van der Waals surface area contributed by atoms with Gasteiger partial charge in [0.15, 0.2) is 17.0 Å². The summed E-state index contributed by atoms with van der Waals surface area (Å²) in [7, 11) is 7.38. The second-order valence-corrected chi connectivity index (χ2v) is 5.88. The highest BCUT2D eigenvalue weighted by molar-refractivity contribution is 5.84. The minimum atomic E-state index is -0.591. The number of fused-ring (bicyclic) bond motifs is 1. The molecule has 0 aliphatic heterocycles. The van der Waals surface area contributed by atoms with E-state index >= 15 is 0 Å². The van der Waals surface area contributed by atoms with Crippen molar-refractivity contribution in [1.29, 1.82) is 0 Å². The molecule has 8 heteroatoms. The Morgan fingerprint density at radius 2 is 1.67 bits per heavy atom. The van der Waals surface area contributed by atoms with E-state index in [1.165, 1.54) is 24.5 Å². The van der Waals surface area contributed by atoms with Crippen LogP contribution in [0.4, 0.5) is 20.5 Å². The van der Waals surface area contributed by atoms with Crippen molar-refractivity contribution >= 4 is 22.9 Å². The summed E-state index contributed by atoms with van der Waals surface area (Å²) >= 11 is 0. The van der Waals surface area contributed by atoms with E-state index in [4.69, 9.17) is 0 Å². The molecule has 1 aromatic carbocycles. The Bertz CT molecular complexity index is 867. The van der Waals surface area contributed by atoms with Crippen molar-refractivity contribution in [3.8, 4) is 0 Å². The predicted molar refractivity (Wildman–Crippen MR) is 89.4 cm³/mol. The fourth-order valence-corrected chi connectivity index (χ4v) is 2.40. The van der Waals surface area contributed by atoms with Crippen LogP contribution in [0.5, 0.6) is 0 Å². The van der Waals surface area contributed by atoms with Gasteiger partial charge in [0.05, 0.1) is 12.9 Å². The van der Waals surface area contributed by atoms with Crippen molar-refractivity contribution in [3.05, 3.63) is 41.7 Å². The largest absolute Gasteiger partial charge is 0.361 e. The summed E-state index contributed by atoms with van der Waals surface area (Å²) in [5.41, 5.74) is 1.09. The SMILES string of the molecule is CN(C)c1nc(N(C)C)c2ncn(Cc3c(F)cccc3F)c2n1. The number of nitrogens with zero attached hydrogens (tertiary/aromatic N) is 6. The molecule has 24 heavy (non-hydrogen) atoms. The molecular formula is C16H18F2N6. The van der Waals surface area contributed by atoms with Crippen molar-refractivity contribution < 1.29 is 8.78 Å². The molecule has 0 saturated carbocycles. The minimum Gasteiger partial charge on any atom is -0.361 e. The van der Waals surface area contributed by atoms with E-state index in [2.05, 4.69) is 15.0 Å². The van der Waals surface area contributed by atoms with Crippen molar-refractivity contribution in [2.24, 2.45) is 0 Å². The third-order valence-corrected chi connectivity index (χ3v) is 3.65. The maximum absolute atomic E-state index is 13.9. The number of anilines is 2. The van der Waals surface area contributed by atoms with Crippen molar-refractivity contribution in [2.45, 2.75) is 6.54 Å². The molecule has 0 bridgehead atoms. The maximum Gasteiger partial charge on any atom is 0.228 e. The van der Waals surface area contributed by atoms with Crippen LogP contribution in [0, 0.1) is 11.6 Å². The van der Waals surface area contributed by atoms with E-state index in [9.17, 15) is 8.78 Å². The first-order valence-electron chi connectivity index (χ1n) is 7.39. The van der Waals surface area contributed by atoms with Gasteiger partial charge < -0.3 is 14.4 Å². The lowest BCUT2D eigenvalue weighted by molar-refractivity contribution is 0.546. The Balaban J connectivity index is 2.16. The first-order chi connectivity index (χ1) is 11.4. The Hall–Kier alpha value is -2.77. The van der Waals surface area contributed by atoms with Crippen molar-refractivity contribution in [1.82, 2.24) is 19.5 Å². The Labute approximate surface area is 138 Å². The molecule has 3 rings (SSSR count). The van der Waals surface area contributed by atoms with E-state index in [-0.39, 0.29) is 12.1 Å². The average molecular weight is 332 g/mol. The maximum atomic E-state index is 13.9. The zero-order valence-electron chi connectivity index (χ0n) is 14.0. The van der Waals surface area contributed by atoms with E-state index < -0.39 is 11.6 Å². The summed E-state index contributed by atoms with van der Waals surface area (Å²) in [6.45, 7) is 0.00571. The fourth-order valence-electron chi connectivity index (χ4n) is 2.40. The van der Waals surface area contributed by atoms with Gasteiger partial charge in [-0.2, -0.15) is 9.97 Å². The van der Waals surface area contributed by atoms with Crippen LogP contribution in [0.25, 0.3) is 11.2 Å². The van der Waals surface area contributed by atoms with E-state index in [1.54, 1.807) is 9.47 Å². The molecule has 0 fully saturated rings. The Kier molecular flexibility index (Phi) is 4.04. The van der Waals surface area contributed by atoms with Gasteiger partial charge in [0, 0.05) is 33.8 Å². The highest BCUT2D eigenvalue weighted by Crippen LogP contribution is 2.25. The lowest BCUT2D eigenvalue weighted by atomic mass is 10.2. The third kappa shape index (κ3) is 2.75. The lowest BCUT2D eigenvalue weighted by Crippen LogP contribution is -2.18. The highest BCUT2D eigenvalue weighted by Gasteiger charge is 2.17. The molecule has 0 unspecified atom stereocenters. The summed E-state index contributed by atoms with van der Waals surface area (Å²) in [4.78, 5) is 16.9. The van der Waals surface area contributed by atoms with Gasteiger partial charge in [0.2, 0.25) is 5.95 Å². The molecule has 0 spiro atoms. The van der Waals surface area contributed by atoms with Crippen LogP contribution in [0.1, 0.15) is 5.56 Å². The Morgan fingerprint density at radius 1 is 1.00 bits per heavy atom. The normalized spacial score (nSPS) is 11.1. The fraction of sp³-hybridized carbons (Fsp3) is 0.312. The number of hydrogen-bond acceptors (Lipinski definition) is 5. The molecule has 3 aromatic rings. The van der Waals surface area contributed by atoms with E-state index in [0.717, 1.165) is 0 Å². The van der Waals surface area contributed by atoms with Crippen LogP contribution in [0.15, 0.2) is 24.5 Å². The molecule has 0 aliphatic carbocycles. The van der Waals surface area contributed by atoms with Gasteiger partial charge in [-0.3, -0.25) is 0 Å². The average Bonchev–Trinajstić information content (AvgIpc) is 2.92. The van der Waals surface area contributed by atoms with E-state index in [0.29, 0.717) is 22.9 Å². The first-order valence-corrected chi connectivity index (χ1v) is 7.39. The number of halogens is 2. The van der Waals surface area contributed by atoms with Crippen LogP contribution in [-0.4, -0.2) is 47.7 Å². The minimum absolute atomic E-state index is 0.00571. The van der Waals surface area contributed by atoms with Gasteiger partial charge in [-0.1, -0.05) is 6.07 Å². The molecule has 6 nitrogen and oxygen atoms in total. The van der Waals surface area contributed by atoms with Crippen LogP contribution < -0.4 is 9.80 Å². The van der Waals surface area contributed by atoms with Gasteiger partial charge in [0.25, 0.3) is 0 Å². The summed E-state index contributed by atoms with van der Waals surface area (Å²) in [6.07, 6.45) is 1.53. The quantitative estimate of drug-likeness (QED) is 0.734. The lowest BCUT2D eigenvalue weighted by Gasteiger charge is -2.16. The van der Waals surface area contributed by atoms with Crippen LogP contribution in [-0.2, 0) is 6.54 Å². The third-order valence-electron chi connectivity index (χ3n) is 3.65. The van der Waals surface area contributed by atoms with Crippen molar-refractivity contribution in [3.63, 3.8) is 0 Å². The number of rotatable bonds is 4. The smallest absolute Gasteiger partial charge is 0.228 e. The Morgan fingerprint density at radius 3 is 2.25 bits per heavy atom. The summed E-state index contributed by atoms with van der Waals surface area (Å²) < 4.78 is 29.5. The summed E-state index contributed by atoms with van der Waals surface area (Å²) in [6, 6.07) is 3.82. The van der Waals surface area contributed by atoms with Crippen molar-refractivity contribution in [2.75, 3.05) is 38.0 Å². The zero-order valence-corrected chi connectivity index (χ0v) is 14.0. The summed E-state index contributed by atoms with van der Waals surface area (Å²) in [5, 5.41) is 0. The number of hydrogen-bond donors (Lipinski definition) is 0. The summed E-state index contributed by atoms with van der Waals surface area (Å²) in [5.74, 6) is -0.0310. The number of imidazole rings is 1. The van der Waals surface area contributed by atoms with Crippen LogP contribution in [0.3, 0.4) is 0 Å². The van der Waals surface area contributed by atoms with E-state index in [1.807, 2.05) is 33.1 Å². The topological polar surface area (TPSA) is 50.1 Å². The molecular weight excluding hydrogens is 314 g/mol. The highest BCUT2D eigenvalue weighted by atomic mass is 19.1. The van der Waals surface area contributed by atoms with Gasteiger partial charge >= 0.3 is 0 Å². The van der Waals surface area contributed by atoms with Gasteiger partial charge in [0.1, 0.15) is 11.6 Å². The molecule has 126 valence electrons. The molecule has 2 heterocycles. The molecule has 0 amide bonds. The second-order valence-electron chi connectivity index (χ2n) is 5.88. The molecule has 2 aromatic heterocycles. The standard InChI is InChI=1S/C16H18F2N6/c1-22(2)14-13-15(21-16(20-14)23(3)4)24(9-19-13)8-10-11(17)6-5-7-12(10)18/h5-7,9H,8H2,1-4H3. The zero-order chi connectivity index (χ0) is 17.4. The van der Waals surface area contributed by atoms with Gasteiger partial charge in [-0.05, 0) is 12.1 Å². The number of aromatic nitrogens is 4. The van der Waals surface area contributed by atoms with Gasteiger partial charge in [-0.25, -0.2) is 13.8 Å². The first kappa shape index (κ1) is 16.1. The molecule has 0 aliphatic rings. The van der Waals surface area contributed by atoms with Crippen LogP contribution in [0.2, 0.25) is 0 Å². The second kappa shape index (κ2) is 6.03. The number of benzene rings is 1. The molecule has 0 atom stereocenters. The molecule has 0 radical (unpaired) electrons. The molecule has 0 N–H and O–H groups in total. The van der Waals surface area contributed by atoms with Crippen LogP contribution >= 0.6 is 0 Å². The predicted octanol–water partition coefficient (Wildman–Crippen LogP) is 2.28. The molecule has 0 saturated heterocycles. The van der Waals surface area contributed by atoms with Gasteiger partial charge in [-0.15, -0.1) is 0 Å².